The maximum absolute atomic E-state index is 11.2. The van der Waals surface area contributed by atoms with Crippen molar-refractivity contribution in [3.8, 4) is 6.07 Å². The highest BCUT2D eigenvalue weighted by atomic mass is 17.2. The van der Waals surface area contributed by atoms with E-state index in [4.69, 9.17) is 10.00 Å². The molecule has 0 N–H and O–H groups in total. The standard InChI is InChI=1S/C12H19NO4/c1-4-6-11(9-13)12(14)17-16-8-7-15-10(3)5-2/h6,10H,4-5,7-8H2,1-3H3. The molecule has 1 atom stereocenters. The Labute approximate surface area is 102 Å². The third-order valence-corrected chi connectivity index (χ3v) is 2.03. The second kappa shape index (κ2) is 9.82. The molecule has 0 saturated carbocycles. The average Bonchev–Trinajstić information content (AvgIpc) is 2.34. The summed E-state index contributed by atoms with van der Waals surface area (Å²) in [5, 5.41) is 8.64. The summed E-state index contributed by atoms with van der Waals surface area (Å²) < 4.78 is 5.31. The maximum Gasteiger partial charge on any atom is 0.383 e. The normalized spacial score (nSPS) is 12.9. The molecule has 0 aliphatic carbocycles. The highest BCUT2D eigenvalue weighted by Gasteiger charge is 2.10. The largest absolute Gasteiger partial charge is 0.383 e. The first kappa shape index (κ1) is 15.6. The van der Waals surface area contributed by atoms with Crippen molar-refractivity contribution < 1.29 is 19.3 Å². The van der Waals surface area contributed by atoms with Gasteiger partial charge in [0.05, 0.1) is 12.7 Å². The van der Waals surface area contributed by atoms with Crippen LogP contribution in [0.5, 0.6) is 0 Å². The molecule has 0 aromatic heterocycles. The molecule has 0 spiro atoms. The van der Waals surface area contributed by atoms with Crippen LogP contribution < -0.4 is 0 Å². The molecule has 5 nitrogen and oxygen atoms in total. The molecule has 0 saturated heterocycles. The van der Waals surface area contributed by atoms with Crippen LogP contribution in [0.15, 0.2) is 11.6 Å². The van der Waals surface area contributed by atoms with Crippen molar-refractivity contribution in [2.75, 3.05) is 13.2 Å². The Morgan fingerprint density at radius 3 is 2.65 bits per heavy atom. The minimum atomic E-state index is -0.766. The summed E-state index contributed by atoms with van der Waals surface area (Å²) in [5.41, 5.74) is -0.0460. The molecule has 0 bridgehead atoms. The Balaban J connectivity index is 3.72. The molecular weight excluding hydrogens is 222 g/mol. The SMILES string of the molecule is CCC=C(C#N)C(=O)OOCCOC(C)CC. The molecule has 0 fully saturated rings. The molecule has 0 rings (SSSR count). The number of rotatable bonds is 8. The molecule has 96 valence electrons. The second-order valence-electron chi connectivity index (χ2n) is 3.42. The van der Waals surface area contributed by atoms with Crippen molar-refractivity contribution in [3.05, 3.63) is 11.6 Å². The summed E-state index contributed by atoms with van der Waals surface area (Å²) in [4.78, 5) is 20.3. The van der Waals surface area contributed by atoms with Gasteiger partial charge in [-0.2, -0.15) is 10.1 Å². The van der Waals surface area contributed by atoms with Gasteiger partial charge in [0, 0.05) is 0 Å². The quantitative estimate of drug-likeness (QED) is 0.214. The maximum atomic E-state index is 11.2. The van der Waals surface area contributed by atoms with E-state index < -0.39 is 5.97 Å². The van der Waals surface area contributed by atoms with E-state index in [1.54, 1.807) is 6.07 Å². The van der Waals surface area contributed by atoms with E-state index in [-0.39, 0.29) is 18.3 Å². The van der Waals surface area contributed by atoms with Gasteiger partial charge in [-0.3, -0.25) is 4.89 Å². The van der Waals surface area contributed by atoms with E-state index in [9.17, 15) is 4.79 Å². The number of carbonyl (C=O) groups is 1. The van der Waals surface area contributed by atoms with Crippen molar-refractivity contribution in [2.45, 2.75) is 39.7 Å². The third-order valence-electron chi connectivity index (χ3n) is 2.03. The zero-order valence-electron chi connectivity index (χ0n) is 10.6. The summed E-state index contributed by atoms with van der Waals surface area (Å²) in [5.74, 6) is -0.766. The number of ether oxygens (including phenoxy) is 1. The molecule has 0 aromatic rings. The monoisotopic (exact) mass is 241 g/mol. The van der Waals surface area contributed by atoms with Crippen molar-refractivity contribution in [1.82, 2.24) is 0 Å². The average molecular weight is 241 g/mol. The third kappa shape index (κ3) is 7.50. The Hall–Kier alpha value is -1.38. The van der Waals surface area contributed by atoms with E-state index >= 15 is 0 Å². The summed E-state index contributed by atoms with van der Waals surface area (Å²) in [6.45, 7) is 6.29. The van der Waals surface area contributed by atoms with Crippen molar-refractivity contribution in [3.63, 3.8) is 0 Å². The highest BCUT2D eigenvalue weighted by molar-refractivity contribution is 5.92. The lowest BCUT2D eigenvalue weighted by molar-refractivity contribution is -0.273. The molecule has 17 heavy (non-hydrogen) atoms. The van der Waals surface area contributed by atoms with Crippen LogP contribution in [0.3, 0.4) is 0 Å². The fourth-order valence-electron chi connectivity index (χ4n) is 0.920. The summed E-state index contributed by atoms with van der Waals surface area (Å²) in [7, 11) is 0. The molecular formula is C12H19NO4. The van der Waals surface area contributed by atoms with E-state index in [2.05, 4.69) is 9.78 Å². The number of nitrogens with zero attached hydrogens (tertiary/aromatic N) is 1. The van der Waals surface area contributed by atoms with Gasteiger partial charge in [0.25, 0.3) is 0 Å². The topological polar surface area (TPSA) is 68.6 Å². The fraction of sp³-hybridized carbons (Fsp3) is 0.667. The van der Waals surface area contributed by atoms with Crippen molar-refractivity contribution in [1.29, 1.82) is 5.26 Å². The lowest BCUT2D eigenvalue weighted by Crippen LogP contribution is -2.14. The summed E-state index contributed by atoms with van der Waals surface area (Å²) in [6, 6.07) is 1.75. The van der Waals surface area contributed by atoms with Crippen molar-refractivity contribution in [2.24, 2.45) is 0 Å². The van der Waals surface area contributed by atoms with Crippen LogP contribution in [0, 0.1) is 11.3 Å². The van der Waals surface area contributed by atoms with Gasteiger partial charge in [0.2, 0.25) is 0 Å². The molecule has 0 aliphatic heterocycles. The second-order valence-corrected chi connectivity index (χ2v) is 3.42. The minimum absolute atomic E-state index is 0.0460. The van der Waals surface area contributed by atoms with Crippen LogP contribution in [-0.2, 0) is 19.3 Å². The first-order valence-corrected chi connectivity index (χ1v) is 5.71. The van der Waals surface area contributed by atoms with Crippen LogP contribution in [0.4, 0.5) is 0 Å². The minimum Gasteiger partial charge on any atom is -0.376 e. The van der Waals surface area contributed by atoms with Gasteiger partial charge in [0.15, 0.2) is 0 Å². The smallest absolute Gasteiger partial charge is 0.376 e. The number of nitriles is 1. The Kier molecular flexibility index (Phi) is 9.02. The van der Waals surface area contributed by atoms with E-state index in [1.807, 2.05) is 20.8 Å². The van der Waals surface area contributed by atoms with E-state index in [0.29, 0.717) is 13.0 Å². The predicted octanol–water partition coefficient (Wildman–Crippen LogP) is 2.14. The van der Waals surface area contributed by atoms with Gasteiger partial charge in [0.1, 0.15) is 18.2 Å². The van der Waals surface area contributed by atoms with Crippen LogP contribution in [0.1, 0.15) is 33.6 Å². The van der Waals surface area contributed by atoms with Crippen molar-refractivity contribution >= 4 is 5.97 Å². The Morgan fingerprint density at radius 2 is 2.12 bits per heavy atom. The van der Waals surface area contributed by atoms with Gasteiger partial charge in [-0.05, 0) is 19.8 Å². The molecule has 0 radical (unpaired) electrons. The lowest BCUT2D eigenvalue weighted by Gasteiger charge is -2.09. The molecule has 0 aliphatic rings. The highest BCUT2D eigenvalue weighted by Crippen LogP contribution is 2.00. The number of carbonyl (C=O) groups excluding carboxylic acids is 1. The number of allylic oxidation sites excluding steroid dienone is 1. The van der Waals surface area contributed by atoms with Gasteiger partial charge in [-0.25, -0.2) is 4.79 Å². The fourth-order valence-corrected chi connectivity index (χ4v) is 0.920. The Morgan fingerprint density at radius 1 is 1.41 bits per heavy atom. The molecule has 0 heterocycles. The van der Waals surface area contributed by atoms with Gasteiger partial charge >= 0.3 is 5.97 Å². The van der Waals surface area contributed by atoms with Gasteiger partial charge < -0.3 is 4.74 Å². The van der Waals surface area contributed by atoms with Crippen LogP contribution >= 0.6 is 0 Å². The summed E-state index contributed by atoms with van der Waals surface area (Å²) in [6.07, 6.45) is 3.15. The predicted molar refractivity (Wildman–Crippen MR) is 61.7 cm³/mol. The Bertz CT molecular complexity index is 293. The van der Waals surface area contributed by atoms with Crippen LogP contribution in [-0.4, -0.2) is 25.3 Å². The van der Waals surface area contributed by atoms with Crippen LogP contribution in [0.25, 0.3) is 0 Å². The van der Waals surface area contributed by atoms with Crippen LogP contribution in [0.2, 0.25) is 0 Å². The van der Waals surface area contributed by atoms with E-state index in [1.165, 1.54) is 6.08 Å². The van der Waals surface area contributed by atoms with E-state index in [0.717, 1.165) is 6.42 Å². The van der Waals surface area contributed by atoms with Gasteiger partial charge in [-0.1, -0.05) is 19.9 Å². The first-order chi connectivity index (χ1) is 8.15. The summed E-state index contributed by atoms with van der Waals surface area (Å²) >= 11 is 0. The molecule has 0 amide bonds. The van der Waals surface area contributed by atoms with Gasteiger partial charge in [-0.15, -0.1) is 0 Å². The molecule has 0 aromatic carbocycles. The zero-order valence-corrected chi connectivity index (χ0v) is 10.6. The first-order valence-electron chi connectivity index (χ1n) is 5.71. The zero-order chi connectivity index (χ0) is 13.1. The molecule has 1 unspecified atom stereocenters. The number of hydrogen-bond donors (Lipinski definition) is 0. The number of hydrogen-bond acceptors (Lipinski definition) is 5. The molecule has 5 heteroatoms. The lowest BCUT2D eigenvalue weighted by atomic mass is 10.2.